The fraction of sp³-hybridized carbons (Fsp3) is 0.577. The minimum atomic E-state index is -1.30. The van der Waals surface area contributed by atoms with Crippen molar-refractivity contribution in [3.63, 3.8) is 0 Å². The lowest BCUT2D eigenvalue weighted by atomic mass is 10.0. The van der Waals surface area contributed by atoms with Gasteiger partial charge in [0, 0.05) is 29.8 Å². The number of halogens is 2. The summed E-state index contributed by atoms with van der Waals surface area (Å²) in [6.45, 7) is 5.50. The number of aromatic nitrogens is 2. The van der Waals surface area contributed by atoms with Crippen LogP contribution in [0.5, 0.6) is 11.6 Å². The number of nitrogens with zero attached hydrogens (tertiary/aromatic N) is 3. The van der Waals surface area contributed by atoms with Gasteiger partial charge in [-0.05, 0) is 71.3 Å². The number of carbonyl (C=O) groups excluding carboxylic acids is 1. The monoisotopic (exact) mass is 523 g/mol. The quantitative estimate of drug-likeness (QED) is 0.255. The Morgan fingerprint density at radius 2 is 1.92 bits per heavy atom. The molecule has 3 rings (SSSR count). The molecule has 10 heteroatoms. The molecule has 0 spiro atoms. The summed E-state index contributed by atoms with van der Waals surface area (Å²) in [4.78, 5) is 14.0. The highest BCUT2D eigenvalue weighted by molar-refractivity contribution is 6.30. The molecule has 1 aromatic carbocycles. The Bertz CT molecular complexity index is 1000. The second-order valence-electron chi connectivity index (χ2n) is 9.90. The van der Waals surface area contributed by atoms with Gasteiger partial charge in [-0.3, -0.25) is 9.69 Å². The number of rotatable bonds is 9. The molecule has 0 N–H and O–H groups in total. The molecule has 0 saturated heterocycles. The Morgan fingerprint density at radius 3 is 2.58 bits per heavy atom. The number of likely N-dealkylation sites (N-methyl/N-ethyl adjacent to an activating group) is 1. The molecule has 3 atom stereocenters. The van der Waals surface area contributed by atoms with Crippen LogP contribution in [0.3, 0.4) is 0 Å². The SMILES string of the molecule is COCOc1cc(Cl)ccc1-c1ccc(O[C@@H]2CCCCC(N(C)CC(=O)OC(C)(C)C)[C@@H]2F)nn1. The Morgan fingerprint density at radius 1 is 1.17 bits per heavy atom. The van der Waals surface area contributed by atoms with Gasteiger partial charge < -0.3 is 18.9 Å². The van der Waals surface area contributed by atoms with Crippen molar-refractivity contribution < 1.29 is 28.1 Å². The molecular weight excluding hydrogens is 489 g/mol. The van der Waals surface area contributed by atoms with E-state index < -0.39 is 23.9 Å². The van der Waals surface area contributed by atoms with Crippen LogP contribution in [-0.2, 0) is 14.3 Å². The van der Waals surface area contributed by atoms with Crippen molar-refractivity contribution in [3.8, 4) is 22.9 Å². The van der Waals surface area contributed by atoms with Crippen LogP contribution in [0.25, 0.3) is 11.3 Å². The third kappa shape index (κ3) is 8.01. The van der Waals surface area contributed by atoms with Gasteiger partial charge in [-0.25, -0.2) is 4.39 Å². The van der Waals surface area contributed by atoms with Gasteiger partial charge in [0.05, 0.1) is 12.2 Å². The van der Waals surface area contributed by atoms with Crippen molar-refractivity contribution in [3.05, 3.63) is 35.4 Å². The zero-order valence-electron chi connectivity index (χ0n) is 21.5. The number of methoxy groups -OCH3 is 1. The number of carbonyl (C=O) groups is 1. The molecular formula is C26H35ClFN3O5. The fourth-order valence-corrected chi connectivity index (χ4v) is 4.34. The van der Waals surface area contributed by atoms with Gasteiger partial charge in [-0.1, -0.05) is 18.0 Å². The summed E-state index contributed by atoms with van der Waals surface area (Å²) in [6, 6.07) is 8.12. The van der Waals surface area contributed by atoms with E-state index in [9.17, 15) is 4.79 Å². The van der Waals surface area contributed by atoms with Crippen molar-refractivity contribution in [2.24, 2.45) is 0 Å². The van der Waals surface area contributed by atoms with E-state index in [1.807, 2.05) is 20.8 Å². The molecule has 1 aliphatic rings. The lowest BCUT2D eigenvalue weighted by Crippen LogP contribution is -2.48. The summed E-state index contributed by atoms with van der Waals surface area (Å²) >= 11 is 6.09. The first-order valence-corrected chi connectivity index (χ1v) is 12.4. The standard InChI is InChI=1S/C26H35ClFN3O5/c1-26(2,3)36-24(32)15-31(4)20-8-6-7-9-21(25(20)28)35-23-13-12-19(29-30-23)18-11-10-17(27)14-22(18)34-16-33-5/h10-14,20-21,25H,6-9,15-16H2,1-5H3/t20?,21-,25+/m1/s1. The van der Waals surface area contributed by atoms with Crippen LogP contribution in [0.15, 0.2) is 30.3 Å². The third-order valence-electron chi connectivity index (χ3n) is 5.79. The van der Waals surface area contributed by atoms with E-state index in [-0.39, 0.29) is 25.2 Å². The van der Waals surface area contributed by atoms with Crippen LogP contribution in [0, 0.1) is 0 Å². The van der Waals surface area contributed by atoms with E-state index in [4.69, 9.17) is 30.5 Å². The Kier molecular flexibility index (Phi) is 9.87. The molecule has 1 unspecified atom stereocenters. The Balaban J connectivity index is 1.68. The molecule has 0 amide bonds. The fourth-order valence-electron chi connectivity index (χ4n) is 4.18. The highest BCUT2D eigenvalue weighted by Gasteiger charge is 2.37. The lowest BCUT2D eigenvalue weighted by molar-refractivity contribution is -0.156. The maximum Gasteiger partial charge on any atom is 0.320 e. The largest absolute Gasteiger partial charge is 0.470 e. The molecule has 1 aliphatic carbocycles. The van der Waals surface area contributed by atoms with E-state index in [1.165, 1.54) is 7.11 Å². The van der Waals surface area contributed by atoms with Gasteiger partial charge in [-0.2, -0.15) is 0 Å². The molecule has 1 saturated carbocycles. The zero-order valence-corrected chi connectivity index (χ0v) is 22.3. The van der Waals surface area contributed by atoms with Crippen molar-refractivity contribution in [2.45, 2.75) is 70.4 Å². The smallest absolute Gasteiger partial charge is 0.320 e. The average Bonchev–Trinajstić information content (AvgIpc) is 2.98. The summed E-state index contributed by atoms with van der Waals surface area (Å²) in [5, 5.41) is 8.95. The van der Waals surface area contributed by atoms with E-state index in [1.54, 1.807) is 42.3 Å². The van der Waals surface area contributed by atoms with Crippen molar-refractivity contribution in [2.75, 3.05) is 27.5 Å². The second kappa shape index (κ2) is 12.7. The Hall–Kier alpha value is -2.49. The van der Waals surface area contributed by atoms with Crippen LogP contribution in [0.4, 0.5) is 4.39 Å². The van der Waals surface area contributed by atoms with Crippen LogP contribution in [0.2, 0.25) is 5.02 Å². The topological polar surface area (TPSA) is 83.0 Å². The van der Waals surface area contributed by atoms with Gasteiger partial charge in [0.2, 0.25) is 5.88 Å². The minimum Gasteiger partial charge on any atom is -0.470 e. The predicted molar refractivity (Wildman–Crippen MR) is 135 cm³/mol. The summed E-state index contributed by atoms with van der Waals surface area (Å²) in [5.74, 6) is 0.363. The number of alkyl halides is 1. The van der Waals surface area contributed by atoms with Crippen LogP contribution < -0.4 is 9.47 Å². The zero-order chi connectivity index (χ0) is 26.3. The normalized spacial score (nSPS) is 20.6. The van der Waals surface area contributed by atoms with Crippen molar-refractivity contribution >= 4 is 17.6 Å². The first-order chi connectivity index (χ1) is 17.1. The van der Waals surface area contributed by atoms with Gasteiger partial charge in [-0.15, -0.1) is 10.2 Å². The van der Waals surface area contributed by atoms with Gasteiger partial charge >= 0.3 is 5.97 Å². The minimum absolute atomic E-state index is 0.0121. The number of hydrogen-bond donors (Lipinski definition) is 0. The summed E-state index contributed by atoms with van der Waals surface area (Å²) in [6.07, 6.45) is 0.841. The maximum absolute atomic E-state index is 15.6. The van der Waals surface area contributed by atoms with E-state index >= 15 is 4.39 Å². The van der Waals surface area contributed by atoms with Crippen LogP contribution >= 0.6 is 11.6 Å². The number of hydrogen-bond acceptors (Lipinski definition) is 8. The Labute approximate surface area is 217 Å². The van der Waals surface area contributed by atoms with Gasteiger partial charge in [0.1, 0.15) is 17.5 Å². The predicted octanol–water partition coefficient (Wildman–Crippen LogP) is 5.08. The van der Waals surface area contributed by atoms with Crippen molar-refractivity contribution in [1.82, 2.24) is 15.1 Å². The second-order valence-corrected chi connectivity index (χ2v) is 10.3. The average molecular weight is 524 g/mol. The van der Waals surface area contributed by atoms with E-state index in [0.717, 1.165) is 12.8 Å². The van der Waals surface area contributed by atoms with Gasteiger partial charge in [0.25, 0.3) is 0 Å². The maximum atomic E-state index is 15.6. The van der Waals surface area contributed by atoms with Crippen LogP contribution in [-0.4, -0.2) is 72.5 Å². The molecule has 8 nitrogen and oxygen atoms in total. The molecule has 1 aromatic heterocycles. The molecule has 0 bridgehead atoms. The van der Waals surface area contributed by atoms with E-state index in [0.29, 0.717) is 34.9 Å². The molecule has 0 aliphatic heterocycles. The highest BCUT2D eigenvalue weighted by Crippen LogP contribution is 2.32. The lowest BCUT2D eigenvalue weighted by Gasteiger charge is -2.32. The summed E-state index contributed by atoms with van der Waals surface area (Å²) in [7, 11) is 3.27. The van der Waals surface area contributed by atoms with Crippen LogP contribution in [0.1, 0.15) is 46.5 Å². The number of benzene rings is 1. The molecule has 198 valence electrons. The third-order valence-corrected chi connectivity index (χ3v) is 6.03. The summed E-state index contributed by atoms with van der Waals surface area (Å²) < 4.78 is 37.6. The number of ether oxygens (including phenoxy) is 4. The van der Waals surface area contributed by atoms with Crippen molar-refractivity contribution in [1.29, 1.82) is 0 Å². The first kappa shape index (κ1) is 28.1. The molecule has 2 aromatic rings. The van der Waals surface area contributed by atoms with E-state index in [2.05, 4.69) is 10.2 Å². The molecule has 1 fully saturated rings. The molecule has 1 heterocycles. The summed E-state index contributed by atoms with van der Waals surface area (Å²) in [5.41, 5.74) is 0.658. The van der Waals surface area contributed by atoms with Gasteiger partial charge in [0.15, 0.2) is 13.0 Å². The highest BCUT2D eigenvalue weighted by atomic mass is 35.5. The molecule has 36 heavy (non-hydrogen) atoms. The molecule has 0 radical (unpaired) electrons. The number of esters is 1. The first-order valence-electron chi connectivity index (χ1n) is 12.1.